The van der Waals surface area contributed by atoms with Gasteiger partial charge in [0.2, 0.25) is 0 Å². The van der Waals surface area contributed by atoms with Crippen molar-refractivity contribution in [3.63, 3.8) is 0 Å². The van der Waals surface area contributed by atoms with Crippen LogP contribution in [0.1, 0.15) is 24.6 Å². The lowest BCUT2D eigenvalue weighted by Crippen LogP contribution is -2.25. The summed E-state index contributed by atoms with van der Waals surface area (Å²) in [5.74, 6) is -0.442. The molecule has 1 aliphatic carbocycles. The summed E-state index contributed by atoms with van der Waals surface area (Å²) in [5, 5.41) is 10.0. The monoisotopic (exact) mass is 290 g/mol. The molecule has 20 heavy (non-hydrogen) atoms. The van der Waals surface area contributed by atoms with Gasteiger partial charge < -0.3 is 9.67 Å². The van der Waals surface area contributed by atoms with Crippen molar-refractivity contribution >= 4 is 28.6 Å². The summed E-state index contributed by atoms with van der Waals surface area (Å²) < 4.78 is 1.96. The molecule has 1 N–H and O–H groups in total. The van der Waals surface area contributed by atoms with Crippen LogP contribution in [0.3, 0.4) is 0 Å². The zero-order valence-electron chi connectivity index (χ0n) is 11.1. The van der Waals surface area contributed by atoms with Gasteiger partial charge >= 0.3 is 5.97 Å². The topological polar surface area (TPSA) is 55.1 Å². The highest BCUT2D eigenvalue weighted by Gasteiger charge is 2.33. The number of fused-ring (bicyclic) bond motifs is 1. The van der Waals surface area contributed by atoms with Crippen molar-refractivity contribution in [3.05, 3.63) is 41.2 Å². The number of aliphatic carboxylic acids is 1. The van der Waals surface area contributed by atoms with E-state index in [-0.39, 0.29) is 5.92 Å². The molecule has 104 valence electrons. The van der Waals surface area contributed by atoms with Crippen LogP contribution in [0.2, 0.25) is 5.02 Å². The first-order chi connectivity index (χ1) is 9.58. The van der Waals surface area contributed by atoms with Gasteiger partial charge in [-0.15, -0.1) is 0 Å². The molecule has 2 unspecified atom stereocenters. The standard InChI is InChI=1S/C15H15ClN2O2/c1-18-13-8-9(16)6-7-12(13)17-14(18)10-4-2-3-5-11(10)15(19)20/h2-3,6-8,10-11H,4-5H2,1H3,(H,19,20). The van der Waals surface area contributed by atoms with Crippen molar-refractivity contribution in [2.24, 2.45) is 13.0 Å². The first-order valence-corrected chi connectivity index (χ1v) is 6.95. The van der Waals surface area contributed by atoms with E-state index in [9.17, 15) is 9.90 Å². The van der Waals surface area contributed by atoms with E-state index >= 15 is 0 Å². The van der Waals surface area contributed by atoms with E-state index in [2.05, 4.69) is 4.98 Å². The van der Waals surface area contributed by atoms with Crippen LogP contribution in [0.25, 0.3) is 11.0 Å². The van der Waals surface area contributed by atoms with Crippen LogP contribution < -0.4 is 0 Å². The molecular weight excluding hydrogens is 276 g/mol. The maximum Gasteiger partial charge on any atom is 0.307 e. The average molecular weight is 291 g/mol. The number of benzene rings is 1. The molecule has 1 aromatic heterocycles. The molecule has 0 aliphatic heterocycles. The molecule has 0 spiro atoms. The number of rotatable bonds is 2. The zero-order chi connectivity index (χ0) is 14.3. The third kappa shape index (κ3) is 2.10. The molecule has 5 heteroatoms. The van der Waals surface area contributed by atoms with Crippen LogP contribution in [-0.4, -0.2) is 20.6 Å². The predicted octanol–water partition coefficient (Wildman–Crippen LogP) is 3.36. The molecule has 0 amide bonds. The quantitative estimate of drug-likeness (QED) is 0.863. The lowest BCUT2D eigenvalue weighted by molar-refractivity contribution is -0.142. The average Bonchev–Trinajstić information content (AvgIpc) is 2.76. The fourth-order valence-corrected chi connectivity index (χ4v) is 3.05. The molecule has 1 aliphatic rings. The van der Waals surface area contributed by atoms with E-state index in [1.807, 2.05) is 35.9 Å². The summed E-state index contributed by atoms with van der Waals surface area (Å²) in [4.78, 5) is 16.0. The van der Waals surface area contributed by atoms with E-state index in [1.54, 1.807) is 6.07 Å². The number of hydrogen-bond acceptors (Lipinski definition) is 2. The van der Waals surface area contributed by atoms with E-state index in [0.717, 1.165) is 16.9 Å². The number of carboxylic acid groups (broad SMARTS) is 1. The Labute approximate surface area is 121 Å². The Balaban J connectivity index is 2.11. The molecule has 0 bridgehead atoms. The van der Waals surface area contributed by atoms with Gasteiger partial charge in [0.05, 0.1) is 17.0 Å². The number of nitrogens with zero attached hydrogens (tertiary/aromatic N) is 2. The Morgan fingerprint density at radius 3 is 2.90 bits per heavy atom. The van der Waals surface area contributed by atoms with Crippen molar-refractivity contribution in [2.45, 2.75) is 18.8 Å². The number of carboxylic acids is 1. The summed E-state index contributed by atoms with van der Waals surface area (Å²) in [6.45, 7) is 0. The van der Waals surface area contributed by atoms with Gasteiger partial charge in [0.25, 0.3) is 0 Å². The summed E-state index contributed by atoms with van der Waals surface area (Å²) in [5.41, 5.74) is 1.79. The van der Waals surface area contributed by atoms with Gasteiger partial charge in [-0.05, 0) is 31.0 Å². The second kappa shape index (κ2) is 4.94. The molecule has 4 nitrogen and oxygen atoms in total. The number of halogens is 1. The maximum absolute atomic E-state index is 11.4. The fourth-order valence-electron chi connectivity index (χ4n) is 2.89. The van der Waals surface area contributed by atoms with Gasteiger partial charge in [-0.25, -0.2) is 4.98 Å². The second-order valence-electron chi connectivity index (χ2n) is 5.16. The molecular formula is C15H15ClN2O2. The predicted molar refractivity (Wildman–Crippen MR) is 78.0 cm³/mol. The number of hydrogen-bond donors (Lipinski definition) is 1. The van der Waals surface area contributed by atoms with Crippen LogP contribution in [0, 0.1) is 5.92 Å². The Kier molecular flexibility index (Phi) is 3.26. The molecule has 2 atom stereocenters. The minimum absolute atomic E-state index is 0.0892. The van der Waals surface area contributed by atoms with E-state index in [0.29, 0.717) is 17.9 Å². The summed E-state index contributed by atoms with van der Waals surface area (Å²) in [7, 11) is 1.91. The highest BCUT2D eigenvalue weighted by Crippen LogP contribution is 2.35. The van der Waals surface area contributed by atoms with Crippen LogP contribution in [-0.2, 0) is 11.8 Å². The summed E-state index contributed by atoms with van der Waals surface area (Å²) >= 11 is 6.02. The maximum atomic E-state index is 11.4. The van der Waals surface area contributed by atoms with Crippen LogP contribution >= 0.6 is 11.6 Å². The van der Waals surface area contributed by atoms with Gasteiger partial charge in [-0.2, -0.15) is 0 Å². The number of carbonyl (C=O) groups is 1. The van der Waals surface area contributed by atoms with Gasteiger partial charge in [0.15, 0.2) is 0 Å². The fraction of sp³-hybridized carbons (Fsp3) is 0.333. The van der Waals surface area contributed by atoms with Gasteiger partial charge in [0.1, 0.15) is 5.82 Å². The molecule has 1 aromatic carbocycles. The smallest absolute Gasteiger partial charge is 0.307 e. The molecule has 3 rings (SSSR count). The largest absolute Gasteiger partial charge is 0.481 e. The Morgan fingerprint density at radius 2 is 2.15 bits per heavy atom. The first kappa shape index (κ1) is 13.2. The van der Waals surface area contributed by atoms with Crippen molar-refractivity contribution in [2.75, 3.05) is 0 Å². The third-order valence-electron chi connectivity index (χ3n) is 3.96. The lowest BCUT2D eigenvalue weighted by Gasteiger charge is -2.24. The van der Waals surface area contributed by atoms with Crippen LogP contribution in [0.5, 0.6) is 0 Å². The summed E-state index contributed by atoms with van der Waals surface area (Å²) in [6.07, 6.45) is 5.25. The molecule has 0 radical (unpaired) electrons. The van der Waals surface area contributed by atoms with Crippen molar-refractivity contribution in [3.8, 4) is 0 Å². The van der Waals surface area contributed by atoms with Crippen LogP contribution in [0.15, 0.2) is 30.4 Å². The Morgan fingerprint density at radius 1 is 1.40 bits per heavy atom. The zero-order valence-corrected chi connectivity index (χ0v) is 11.8. The highest BCUT2D eigenvalue weighted by molar-refractivity contribution is 6.31. The van der Waals surface area contributed by atoms with Crippen molar-refractivity contribution in [1.29, 1.82) is 0 Å². The van der Waals surface area contributed by atoms with E-state index in [1.165, 1.54) is 0 Å². The lowest BCUT2D eigenvalue weighted by atomic mass is 9.82. The number of aryl methyl sites for hydroxylation is 1. The molecule has 2 aromatic rings. The van der Waals surface area contributed by atoms with Crippen LogP contribution in [0.4, 0.5) is 0 Å². The Hall–Kier alpha value is -1.81. The Bertz CT molecular complexity index is 705. The number of aromatic nitrogens is 2. The van der Waals surface area contributed by atoms with Gasteiger partial charge in [0, 0.05) is 18.0 Å². The second-order valence-corrected chi connectivity index (χ2v) is 5.59. The number of allylic oxidation sites excluding steroid dienone is 2. The molecule has 0 saturated heterocycles. The van der Waals surface area contributed by atoms with Crippen molar-refractivity contribution in [1.82, 2.24) is 9.55 Å². The highest BCUT2D eigenvalue weighted by atomic mass is 35.5. The number of imidazole rings is 1. The minimum atomic E-state index is -0.760. The third-order valence-corrected chi connectivity index (χ3v) is 4.19. The van der Waals surface area contributed by atoms with Gasteiger partial charge in [-0.1, -0.05) is 23.8 Å². The van der Waals surface area contributed by atoms with Crippen molar-refractivity contribution < 1.29 is 9.90 Å². The molecule has 1 heterocycles. The normalized spacial score (nSPS) is 22.3. The van der Waals surface area contributed by atoms with E-state index in [4.69, 9.17) is 11.6 Å². The molecule has 0 saturated carbocycles. The molecule has 0 fully saturated rings. The SMILES string of the molecule is Cn1c(C2CC=CCC2C(=O)O)nc2ccc(Cl)cc21. The first-order valence-electron chi connectivity index (χ1n) is 6.57. The summed E-state index contributed by atoms with van der Waals surface area (Å²) in [6, 6.07) is 5.54. The minimum Gasteiger partial charge on any atom is -0.481 e. The van der Waals surface area contributed by atoms with E-state index < -0.39 is 11.9 Å². The van der Waals surface area contributed by atoms with Gasteiger partial charge in [-0.3, -0.25) is 4.79 Å².